The van der Waals surface area contributed by atoms with Crippen LogP contribution >= 0.6 is 31.9 Å². The second-order valence-corrected chi connectivity index (χ2v) is 4.28. The van der Waals surface area contributed by atoms with Gasteiger partial charge >= 0.3 is 0 Å². The summed E-state index contributed by atoms with van der Waals surface area (Å²) in [6, 6.07) is 3.76. The number of benzene rings is 1. The number of nitrogens with zero attached hydrogens (tertiary/aromatic N) is 2. The lowest BCUT2D eigenvalue weighted by molar-refractivity contribution is 0.542. The largest absolute Gasteiger partial charge is 0.276 e. The van der Waals surface area contributed by atoms with E-state index >= 15 is 0 Å². The van der Waals surface area contributed by atoms with Gasteiger partial charge in [0.15, 0.2) is 0 Å². The molecule has 0 fully saturated rings. The Bertz CT molecular complexity index is 478. The second-order valence-electron chi connectivity index (χ2n) is 2.51. The number of carbonyl (C=O) groups excluding carboxylic acids is 1. The molecule has 0 aliphatic heterocycles. The Morgan fingerprint density at radius 3 is 2.85 bits per heavy atom. The van der Waals surface area contributed by atoms with Crippen LogP contribution in [0.15, 0.2) is 27.3 Å². The van der Waals surface area contributed by atoms with Crippen molar-refractivity contribution in [3.05, 3.63) is 27.3 Å². The Balaban J connectivity index is 2.89. The fraction of sp³-hybridized carbons (Fsp3) is 0. The summed E-state index contributed by atoms with van der Waals surface area (Å²) in [4.78, 5) is 10.6. The van der Waals surface area contributed by atoms with Gasteiger partial charge < -0.3 is 0 Å². The lowest BCUT2D eigenvalue weighted by Crippen LogP contribution is -1.95. The smallest absolute Gasteiger partial charge is 0.234 e. The van der Waals surface area contributed by atoms with Gasteiger partial charge in [-0.3, -0.25) is 4.79 Å². The van der Waals surface area contributed by atoms with Crippen molar-refractivity contribution in [1.29, 1.82) is 0 Å². The second kappa shape index (κ2) is 3.23. The summed E-state index contributed by atoms with van der Waals surface area (Å²) in [7, 11) is 0. The van der Waals surface area contributed by atoms with E-state index < -0.39 is 0 Å². The molecular formula is C8H4Br2N2O. The Morgan fingerprint density at radius 1 is 1.38 bits per heavy atom. The van der Waals surface area contributed by atoms with Gasteiger partial charge in [-0.2, -0.15) is 5.10 Å². The van der Waals surface area contributed by atoms with E-state index in [1.807, 2.05) is 12.1 Å². The zero-order valence-electron chi connectivity index (χ0n) is 6.37. The summed E-state index contributed by atoms with van der Waals surface area (Å²) in [6.07, 6.45) is 2.33. The number of aromatic nitrogens is 2. The lowest BCUT2D eigenvalue weighted by atomic mass is 10.3. The van der Waals surface area contributed by atoms with Crippen molar-refractivity contribution < 1.29 is 4.79 Å². The van der Waals surface area contributed by atoms with E-state index in [9.17, 15) is 4.79 Å². The molecule has 0 aliphatic rings. The molecular weight excluding hydrogens is 300 g/mol. The van der Waals surface area contributed by atoms with Gasteiger partial charge in [0.05, 0.1) is 11.7 Å². The third-order valence-electron chi connectivity index (χ3n) is 1.73. The van der Waals surface area contributed by atoms with Crippen molar-refractivity contribution in [2.45, 2.75) is 0 Å². The molecule has 0 radical (unpaired) electrons. The quantitative estimate of drug-likeness (QED) is 0.759. The van der Waals surface area contributed by atoms with E-state index in [1.54, 1.807) is 6.20 Å². The molecule has 0 spiro atoms. The summed E-state index contributed by atoms with van der Waals surface area (Å²) < 4.78 is 3.13. The summed E-state index contributed by atoms with van der Waals surface area (Å²) in [5.74, 6) is 0. The molecule has 0 atom stereocenters. The molecule has 1 aromatic carbocycles. The van der Waals surface area contributed by atoms with Crippen LogP contribution in [0.1, 0.15) is 0 Å². The predicted molar refractivity (Wildman–Crippen MR) is 57.3 cm³/mol. The minimum Gasteiger partial charge on any atom is -0.276 e. The summed E-state index contributed by atoms with van der Waals surface area (Å²) >= 11 is 6.74. The molecule has 0 aliphatic carbocycles. The maximum Gasteiger partial charge on any atom is 0.234 e. The fourth-order valence-corrected chi connectivity index (χ4v) is 2.46. The average Bonchev–Trinajstić information content (AvgIpc) is 2.47. The highest BCUT2D eigenvalue weighted by molar-refractivity contribution is 9.11. The van der Waals surface area contributed by atoms with E-state index in [0.717, 1.165) is 19.8 Å². The molecule has 1 aromatic heterocycles. The first-order valence-corrected chi connectivity index (χ1v) is 5.08. The van der Waals surface area contributed by atoms with Crippen LogP contribution in [0.4, 0.5) is 0 Å². The highest BCUT2D eigenvalue weighted by atomic mass is 79.9. The summed E-state index contributed by atoms with van der Waals surface area (Å²) in [5.41, 5.74) is 0.788. The Hall–Kier alpha value is -0.680. The maximum absolute atomic E-state index is 10.6. The van der Waals surface area contributed by atoms with Crippen LogP contribution in [0.25, 0.3) is 10.9 Å². The zero-order valence-corrected chi connectivity index (χ0v) is 9.54. The first-order chi connectivity index (χ1) is 6.22. The van der Waals surface area contributed by atoms with Crippen molar-refractivity contribution in [3.63, 3.8) is 0 Å². The van der Waals surface area contributed by atoms with Gasteiger partial charge in [0, 0.05) is 14.3 Å². The Labute approximate surface area is 91.0 Å². The molecule has 2 rings (SSSR count). The predicted octanol–water partition coefficient (Wildman–Crippen LogP) is 2.60. The number of halogens is 2. The molecule has 66 valence electrons. The van der Waals surface area contributed by atoms with E-state index in [1.165, 1.54) is 4.68 Å². The van der Waals surface area contributed by atoms with Crippen LogP contribution in [0.5, 0.6) is 0 Å². The van der Waals surface area contributed by atoms with E-state index in [0.29, 0.717) is 6.41 Å². The molecule has 13 heavy (non-hydrogen) atoms. The molecule has 0 amide bonds. The summed E-state index contributed by atoms with van der Waals surface area (Å²) in [6.45, 7) is 0. The van der Waals surface area contributed by atoms with Gasteiger partial charge in [-0.1, -0.05) is 15.9 Å². The SMILES string of the molecule is O=Cn1ncc2c(Br)cc(Br)cc21. The molecule has 0 unspecified atom stereocenters. The molecule has 3 nitrogen and oxygen atoms in total. The molecule has 0 saturated carbocycles. The van der Waals surface area contributed by atoms with Crippen molar-refractivity contribution in [3.8, 4) is 0 Å². The van der Waals surface area contributed by atoms with Crippen molar-refractivity contribution in [2.24, 2.45) is 0 Å². The van der Waals surface area contributed by atoms with Crippen LogP contribution in [-0.2, 0) is 4.79 Å². The highest BCUT2D eigenvalue weighted by Gasteiger charge is 2.05. The maximum atomic E-state index is 10.6. The highest BCUT2D eigenvalue weighted by Crippen LogP contribution is 2.27. The zero-order chi connectivity index (χ0) is 9.42. The van der Waals surface area contributed by atoms with Crippen LogP contribution in [-0.4, -0.2) is 16.2 Å². The van der Waals surface area contributed by atoms with Crippen LogP contribution in [0, 0.1) is 0 Å². The minimum absolute atomic E-state index is 0.682. The molecule has 0 saturated heterocycles. The van der Waals surface area contributed by atoms with Crippen molar-refractivity contribution in [2.75, 3.05) is 0 Å². The van der Waals surface area contributed by atoms with Crippen molar-refractivity contribution >= 4 is 49.2 Å². The van der Waals surface area contributed by atoms with Gasteiger partial charge in [0.25, 0.3) is 0 Å². The molecule has 0 N–H and O–H groups in total. The fourth-order valence-electron chi connectivity index (χ4n) is 1.15. The number of hydrogen-bond donors (Lipinski definition) is 0. The van der Waals surface area contributed by atoms with Gasteiger partial charge in [0.1, 0.15) is 0 Å². The molecule has 2 aromatic rings. The van der Waals surface area contributed by atoms with Crippen LogP contribution in [0.2, 0.25) is 0 Å². The van der Waals surface area contributed by atoms with E-state index in [4.69, 9.17) is 0 Å². The monoisotopic (exact) mass is 302 g/mol. The number of fused-ring (bicyclic) bond motifs is 1. The first kappa shape index (κ1) is 8.90. The van der Waals surface area contributed by atoms with E-state index in [2.05, 4.69) is 37.0 Å². The minimum atomic E-state index is 0.682. The van der Waals surface area contributed by atoms with Gasteiger partial charge in [-0.05, 0) is 28.1 Å². The topological polar surface area (TPSA) is 34.9 Å². The summed E-state index contributed by atoms with van der Waals surface area (Å²) in [5, 5.41) is 4.84. The first-order valence-electron chi connectivity index (χ1n) is 3.50. The average molecular weight is 304 g/mol. The standard InChI is InChI=1S/C8H4Br2N2O/c9-5-1-7(10)6-3-11-12(4-13)8(6)2-5/h1-4H. The number of carbonyl (C=O) groups is 1. The van der Waals surface area contributed by atoms with Crippen molar-refractivity contribution in [1.82, 2.24) is 9.78 Å². The third kappa shape index (κ3) is 1.42. The van der Waals surface area contributed by atoms with Gasteiger partial charge in [-0.15, -0.1) is 0 Å². The molecule has 1 heterocycles. The Morgan fingerprint density at radius 2 is 2.15 bits per heavy atom. The van der Waals surface area contributed by atoms with Gasteiger partial charge in [-0.25, -0.2) is 4.68 Å². The number of hydrogen-bond acceptors (Lipinski definition) is 2. The number of rotatable bonds is 1. The normalized spacial score (nSPS) is 10.6. The van der Waals surface area contributed by atoms with Gasteiger partial charge in [0.2, 0.25) is 6.41 Å². The van der Waals surface area contributed by atoms with E-state index in [-0.39, 0.29) is 0 Å². The molecule has 0 bridgehead atoms. The third-order valence-corrected chi connectivity index (χ3v) is 2.84. The lowest BCUT2D eigenvalue weighted by Gasteiger charge is -1.96. The van der Waals surface area contributed by atoms with Crippen LogP contribution < -0.4 is 0 Å². The Kier molecular flexibility index (Phi) is 2.21. The molecule has 5 heteroatoms. The van der Waals surface area contributed by atoms with Crippen LogP contribution in [0.3, 0.4) is 0 Å².